The molecule has 0 saturated heterocycles. The van der Waals surface area contributed by atoms with Crippen LogP contribution in [0.4, 0.5) is 5.69 Å². The van der Waals surface area contributed by atoms with Gasteiger partial charge in [-0.3, -0.25) is 14.9 Å². The number of carbonyl (C=O) groups excluding carboxylic acids is 1. The number of halogens is 1. The molecule has 0 saturated carbocycles. The van der Waals surface area contributed by atoms with Crippen LogP contribution < -0.4 is 11.1 Å². The van der Waals surface area contributed by atoms with E-state index in [1.807, 2.05) is 0 Å². The maximum atomic E-state index is 11.7. The fourth-order valence-corrected chi connectivity index (χ4v) is 1.58. The molecule has 0 aliphatic heterocycles. The van der Waals surface area contributed by atoms with Gasteiger partial charge in [-0.1, -0.05) is 0 Å². The van der Waals surface area contributed by atoms with Gasteiger partial charge in [0.2, 0.25) is 0 Å². The van der Waals surface area contributed by atoms with Gasteiger partial charge in [-0.05, 0) is 28.9 Å². The smallest absolute Gasteiger partial charge is 0.270 e. The molecule has 0 fully saturated rings. The Morgan fingerprint density at radius 1 is 1.65 bits per heavy atom. The number of rotatable bonds is 4. The zero-order valence-corrected chi connectivity index (χ0v) is 10.7. The Labute approximate surface area is 106 Å². The van der Waals surface area contributed by atoms with Gasteiger partial charge in [-0.15, -0.1) is 0 Å². The standard InChI is InChI=1S/C10H12BrN3O3/c1-6(12)5-13-10(15)8-4-7(14(16)17)2-3-9(8)11/h2-4,6H,5,12H2,1H3,(H,13,15). The second-order valence-electron chi connectivity index (χ2n) is 3.61. The molecule has 0 radical (unpaired) electrons. The van der Waals surface area contributed by atoms with Gasteiger partial charge >= 0.3 is 0 Å². The fourth-order valence-electron chi connectivity index (χ4n) is 1.15. The summed E-state index contributed by atoms with van der Waals surface area (Å²) in [4.78, 5) is 21.8. The number of nitrogens with zero attached hydrogens (tertiary/aromatic N) is 1. The minimum absolute atomic E-state index is 0.126. The normalized spacial score (nSPS) is 11.9. The molecule has 92 valence electrons. The summed E-state index contributed by atoms with van der Waals surface area (Å²) in [6, 6.07) is 3.85. The molecule has 0 aromatic heterocycles. The van der Waals surface area contributed by atoms with Crippen LogP contribution >= 0.6 is 15.9 Å². The summed E-state index contributed by atoms with van der Waals surface area (Å²) < 4.78 is 0.505. The fraction of sp³-hybridized carbons (Fsp3) is 0.300. The Bertz CT molecular complexity index is 448. The van der Waals surface area contributed by atoms with Gasteiger partial charge in [0.25, 0.3) is 11.6 Å². The lowest BCUT2D eigenvalue weighted by Crippen LogP contribution is -2.35. The van der Waals surface area contributed by atoms with Crippen LogP contribution in [0.1, 0.15) is 17.3 Å². The van der Waals surface area contributed by atoms with Gasteiger partial charge in [0.15, 0.2) is 0 Å². The lowest BCUT2D eigenvalue weighted by Gasteiger charge is -2.08. The molecule has 1 aromatic rings. The predicted octanol–water partition coefficient (Wildman–Crippen LogP) is 1.43. The number of non-ortho nitro benzene ring substituents is 1. The molecule has 0 aliphatic carbocycles. The quantitative estimate of drug-likeness (QED) is 0.649. The summed E-state index contributed by atoms with van der Waals surface area (Å²) >= 11 is 3.17. The van der Waals surface area contributed by atoms with Crippen LogP contribution in [0.15, 0.2) is 22.7 Å². The molecule has 1 amide bonds. The third-order valence-electron chi connectivity index (χ3n) is 1.99. The zero-order chi connectivity index (χ0) is 13.0. The minimum Gasteiger partial charge on any atom is -0.350 e. The summed E-state index contributed by atoms with van der Waals surface area (Å²) in [6.45, 7) is 2.07. The van der Waals surface area contributed by atoms with Crippen molar-refractivity contribution in [1.29, 1.82) is 0 Å². The van der Waals surface area contributed by atoms with Crippen LogP contribution in [0.25, 0.3) is 0 Å². The number of benzene rings is 1. The van der Waals surface area contributed by atoms with E-state index >= 15 is 0 Å². The molecule has 1 rings (SSSR count). The minimum atomic E-state index is -0.547. The van der Waals surface area contributed by atoms with Crippen LogP contribution in [-0.4, -0.2) is 23.4 Å². The van der Waals surface area contributed by atoms with Gasteiger partial charge < -0.3 is 11.1 Å². The summed E-state index contributed by atoms with van der Waals surface area (Å²) in [5.41, 5.74) is 5.60. The van der Waals surface area contributed by atoms with E-state index in [1.165, 1.54) is 18.2 Å². The number of nitrogens with one attached hydrogen (secondary N) is 1. The molecule has 6 nitrogen and oxygen atoms in total. The van der Waals surface area contributed by atoms with Crippen molar-refractivity contribution in [3.63, 3.8) is 0 Å². The van der Waals surface area contributed by atoms with E-state index in [1.54, 1.807) is 6.92 Å². The summed E-state index contributed by atoms with van der Waals surface area (Å²) in [6.07, 6.45) is 0. The number of nitro groups is 1. The number of nitro benzene ring substituents is 1. The number of amides is 1. The van der Waals surface area contributed by atoms with Crippen molar-refractivity contribution in [2.45, 2.75) is 13.0 Å². The molecule has 1 aromatic carbocycles. The number of carbonyl (C=O) groups is 1. The second kappa shape index (κ2) is 5.74. The summed E-state index contributed by atoms with van der Waals surface area (Å²) in [7, 11) is 0. The molecular formula is C10H12BrN3O3. The van der Waals surface area contributed by atoms with E-state index in [0.29, 0.717) is 11.0 Å². The first-order chi connectivity index (χ1) is 7.91. The highest BCUT2D eigenvalue weighted by Crippen LogP contribution is 2.22. The van der Waals surface area contributed by atoms with Crippen LogP contribution in [0.5, 0.6) is 0 Å². The third kappa shape index (κ3) is 3.79. The van der Waals surface area contributed by atoms with Crippen molar-refractivity contribution < 1.29 is 9.72 Å². The molecule has 0 aliphatic rings. The highest BCUT2D eigenvalue weighted by molar-refractivity contribution is 9.10. The summed E-state index contributed by atoms with van der Waals surface area (Å²) in [5, 5.41) is 13.2. The Balaban J connectivity index is 2.92. The largest absolute Gasteiger partial charge is 0.350 e. The molecular weight excluding hydrogens is 290 g/mol. The third-order valence-corrected chi connectivity index (χ3v) is 2.68. The maximum Gasteiger partial charge on any atom is 0.270 e. The average Bonchev–Trinajstić information content (AvgIpc) is 2.26. The molecule has 0 heterocycles. The molecule has 1 atom stereocenters. The number of nitrogens with two attached hydrogens (primary N) is 1. The topological polar surface area (TPSA) is 98.3 Å². The van der Waals surface area contributed by atoms with E-state index in [2.05, 4.69) is 21.2 Å². The molecule has 3 N–H and O–H groups in total. The maximum absolute atomic E-state index is 11.7. The molecule has 7 heteroatoms. The SMILES string of the molecule is CC(N)CNC(=O)c1cc([N+](=O)[O-])ccc1Br. The zero-order valence-electron chi connectivity index (χ0n) is 9.14. The van der Waals surface area contributed by atoms with Gasteiger partial charge in [-0.25, -0.2) is 0 Å². The van der Waals surface area contributed by atoms with Crippen LogP contribution in [0.3, 0.4) is 0 Å². The van der Waals surface area contributed by atoms with Crippen molar-refractivity contribution in [3.05, 3.63) is 38.3 Å². The van der Waals surface area contributed by atoms with Crippen LogP contribution in [-0.2, 0) is 0 Å². The Hall–Kier alpha value is -1.47. The molecule has 0 bridgehead atoms. The highest BCUT2D eigenvalue weighted by atomic mass is 79.9. The Morgan fingerprint density at radius 3 is 2.82 bits per heavy atom. The highest BCUT2D eigenvalue weighted by Gasteiger charge is 2.15. The van der Waals surface area contributed by atoms with Crippen LogP contribution in [0.2, 0.25) is 0 Å². The van der Waals surface area contributed by atoms with Crippen molar-refractivity contribution in [3.8, 4) is 0 Å². The van der Waals surface area contributed by atoms with Gasteiger partial charge in [-0.2, -0.15) is 0 Å². The molecule has 17 heavy (non-hydrogen) atoms. The van der Waals surface area contributed by atoms with Crippen molar-refractivity contribution in [2.24, 2.45) is 5.73 Å². The number of hydrogen-bond donors (Lipinski definition) is 2. The molecule has 1 unspecified atom stereocenters. The average molecular weight is 302 g/mol. The van der Waals surface area contributed by atoms with Crippen LogP contribution in [0, 0.1) is 10.1 Å². The Morgan fingerprint density at radius 2 is 2.29 bits per heavy atom. The van der Waals surface area contributed by atoms with Crippen molar-refractivity contribution in [1.82, 2.24) is 5.32 Å². The van der Waals surface area contributed by atoms with Crippen molar-refractivity contribution >= 4 is 27.5 Å². The van der Waals surface area contributed by atoms with Gasteiger partial charge in [0, 0.05) is 29.2 Å². The Kier molecular flexibility index (Phi) is 4.59. The van der Waals surface area contributed by atoms with E-state index in [4.69, 9.17) is 5.73 Å². The van der Waals surface area contributed by atoms with E-state index in [-0.39, 0.29) is 17.3 Å². The van der Waals surface area contributed by atoms with E-state index in [0.717, 1.165) is 0 Å². The predicted molar refractivity (Wildman–Crippen MR) is 66.8 cm³/mol. The summed E-state index contributed by atoms with van der Waals surface area (Å²) in [5.74, 6) is -0.391. The molecule has 0 spiro atoms. The van der Waals surface area contributed by atoms with Gasteiger partial charge in [0.1, 0.15) is 0 Å². The lowest BCUT2D eigenvalue weighted by atomic mass is 10.2. The second-order valence-corrected chi connectivity index (χ2v) is 4.46. The monoisotopic (exact) mass is 301 g/mol. The first kappa shape index (κ1) is 13.6. The van der Waals surface area contributed by atoms with E-state index < -0.39 is 10.8 Å². The number of hydrogen-bond acceptors (Lipinski definition) is 4. The van der Waals surface area contributed by atoms with Gasteiger partial charge in [0.05, 0.1) is 10.5 Å². The van der Waals surface area contributed by atoms with E-state index in [9.17, 15) is 14.9 Å². The lowest BCUT2D eigenvalue weighted by molar-refractivity contribution is -0.384. The first-order valence-electron chi connectivity index (χ1n) is 4.89. The van der Waals surface area contributed by atoms with Crippen molar-refractivity contribution in [2.75, 3.05) is 6.54 Å². The first-order valence-corrected chi connectivity index (χ1v) is 5.69.